The first kappa shape index (κ1) is 14.1. The average molecular weight is 301 g/mol. The van der Waals surface area contributed by atoms with Gasteiger partial charge in [0.2, 0.25) is 0 Å². The highest BCUT2D eigenvalue weighted by Gasteiger charge is 2.22. The van der Waals surface area contributed by atoms with Gasteiger partial charge < -0.3 is 4.74 Å². The number of esters is 1. The van der Waals surface area contributed by atoms with Crippen LogP contribution < -0.4 is 5.32 Å². The molecule has 0 amide bonds. The summed E-state index contributed by atoms with van der Waals surface area (Å²) in [5.41, 5.74) is 0.667. The Labute approximate surface area is 110 Å². The van der Waals surface area contributed by atoms with E-state index < -0.39 is 6.04 Å². The minimum atomic E-state index is -0.504. The summed E-state index contributed by atoms with van der Waals surface area (Å²) in [5, 5.41) is 3.15. The van der Waals surface area contributed by atoms with Gasteiger partial charge in [0.25, 0.3) is 0 Å². The van der Waals surface area contributed by atoms with Gasteiger partial charge in [-0.25, -0.2) is 4.79 Å². The lowest BCUT2D eigenvalue weighted by atomic mass is 10.1. The zero-order chi connectivity index (χ0) is 12.8. The fourth-order valence-electron chi connectivity index (χ4n) is 1.34. The summed E-state index contributed by atoms with van der Waals surface area (Å²) in [6.07, 6.45) is 1.67. The monoisotopic (exact) mass is 300 g/mol. The second-order valence-electron chi connectivity index (χ2n) is 4.16. The maximum absolute atomic E-state index is 11.7. The van der Waals surface area contributed by atoms with Crippen LogP contribution in [-0.2, 0) is 9.53 Å². The van der Waals surface area contributed by atoms with Gasteiger partial charge in [-0.2, -0.15) is 0 Å². The Morgan fingerprint density at radius 2 is 2.24 bits per heavy atom. The number of halogens is 1. The topological polar surface area (TPSA) is 51.2 Å². The number of nitrogens with zero attached hydrogens (tertiary/aromatic N) is 1. The number of hydrogen-bond acceptors (Lipinski definition) is 4. The molecule has 1 aromatic heterocycles. The first-order chi connectivity index (χ1) is 8.04. The molecule has 5 heteroatoms. The fraction of sp³-hybridized carbons (Fsp3) is 0.500. The van der Waals surface area contributed by atoms with Crippen molar-refractivity contribution in [1.82, 2.24) is 10.3 Å². The number of rotatable bonds is 5. The van der Waals surface area contributed by atoms with Gasteiger partial charge >= 0.3 is 5.97 Å². The zero-order valence-corrected chi connectivity index (χ0v) is 11.8. The molecule has 0 aliphatic carbocycles. The van der Waals surface area contributed by atoms with Gasteiger partial charge in [0.05, 0.1) is 12.8 Å². The molecule has 0 aliphatic heterocycles. The second-order valence-corrected chi connectivity index (χ2v) is 5.08. The van der Waals surface area contributed by atoms with Crippen LogP contribution in [0.2, 0.25) is 0 Å². The van der Waals surface area contributed by atoms with Crippen LogP contribution in [-0.4, -0.2) is 24.6 Å². The molecule has 1 atom stereocenters. The van der Waals surface area contributed by atoms with Crippen LogP contribution in [0.3, 0.4) is 0 Å². The third kappa shape index (κ3) is 4.44. The molecular formula is C12H17BrN2O2. The first-order valence-electron chi connectivity index (χ1n) is 5.47. The van der Waals surface area contributed by atoms with Crippen molar-refractivity contribution in [1.29, 1.82) is 0 Å². The summed E-state index contributed by atoms with van der Waals surface area (Å²) in [7, 11) is 1.38. The number of methoxy groups -OCH3 is 1. The molecule has 0 aromatic carbocycles. The summed E-state index contributed by atoms with van der Waals surface area (Å²) >= 11 is 3.31. The van der Waals surface area contributed by atoms with Crippen LogP contribution in [0.4, 0.5) is 0 Å². The molecule has 1 N–H and O–H groups in total. The van der Waals surface area contributed by atoms with Crippen molar-refractivity contribution in [3.8, 4) is 0 Å². The zero-order valence-electron chi connectivity index (χ0n) is 10.2. The van der Waals surface area contributed by atoms with Crippen LogP contribution in [0.15, 0.2) is 22.8 Å². The standard InChI is InChI=1S/C12H17BrN2O2/c1-8(2)6-15-11(12(16)17-3)10-5-4-9(13)7-14-10/h4-5,7-8,11,15H,6H2,1-3H3. The van der Waals surface area contributed by atoms with Crippen LogP contribution in [0.1, 0.15) is 25.6 Å². The highest BCUT2D eigenvalue weighted by atomic mass is 79.9. The summed E-state index contributed by atoms with van der Waals surface area (Å²) in [6, 6.07) is 3.16. The van der Waals surface area contributed by atoms with E-state index in [1.807, 2.05) is 6.07 Å². The van der Waals surface area contributed by atoms with E-state index in [0.29, 0.717) is 11.6 Å². The largest absolute Gasteiger partial charge is 0.468 e. The van der Waals surface area contributed by atoms with E-state index in [0.717, 1.165) is 11.0 Å². The maximum atomic E-state index is 11.7. The summed E-state index contributed by atoms with van der Waals surface area (Å²) in [5.74, 6) is 0.137. The van der Waals surface area contributed by atoms with E-state index in [-0.39, 0.29) is 5.97 Å². The van der Waals surface area contributed by atoms with Gasteiger partial charge in [-0.05, 0) is 40.5 Å². The molecule has 1 unspecified atom stereocenters. The predicted molar refractivity (Wildman–Crippen MR) is 69.5 cm³/mol. The smallest absolute Gasteiger partial charge is 0.329 e. The second kappa shape index (κ2) is 6.71. The Kier molecular flexibility index (Phi) is 5.58. The van der Waals surface area contributed by atoms with Gasteiger partial charge in [0.15, 0.2) is 0 Å². The molecule has 0 saturated carbocycles. The van der Waals surface area contributed by atoms with Gasteiger partial charge in [-0.15, -0.1) is 0 Å². The molecule has 17 heavy (non-hydrogen) atoms. The van der Waals surface area contributed by atoms with Crippen LogP contribution in [0.5, 0.6) is 0 Å². The van der Waals surface area contributed by atoms with E-state index in [2.05, 4.69) is 40.1 Å². The molecule has 0 spiro atoms. The minimum absolute atomic E-state index is 0.319. The Morgan fingerprint density at radius 3 is 2.71 bits per heavy atom. The van der Waals surface area contributed by atoms with E-state index >= 15 is 0 Å². The van der Waals surface area contributed by atoms with Gasteiger partial charge in [0, 0.05) is 10.7 Å². The Morgan fingerprint density at radius 1 is 1.53 bits per heavy atom. The van der Waals surface area contributed by atoms with Gasteiger partial charge in [-0.1, -0.05) is 13.8 Å². The fourth-order valence-corrected chi connectivity index (χ4v) is 1.57. The lowest BCUT2D eigenvalue weighted by Gasteiger charge is -2.17. The molecule has 94 valence electrons. The molecule has 0 radical (unpaired) electrons. The van der Waals surface area contributed by atoms with Crippen molar-refractivity contribution in [3.05, 3.63) is 28.5 Å². The maximum Gasteiger partial charge on any atom is 0.329 e. The van der Waals surface area contributed by atoms with E-state index in [9.17, 15) is 4.79 Å². The molecule has 0 fully saturated rings. The van der Waals surface area contributed by atoms with Crippen molar-refractivity contribution in [2.75, 3.05) is 13.7 Å². The summed E-state index contributed by atoms with van der Waals surface area (Å²) in [4.78, 5) is 15.9. The summed E-state index contributed by atoms with van der Waals surface area (Å²) in [6.45, 7) is 4.89. The predicted octanol–water partition coefficient (Wildman–Crippen LogP) is 2.30. The Balaban J connectivity index is 2.82. The van der Waals surface area contributed by atoms with E-state index in [4.69, 9.17) is 4.74 Å². The molecule has 0 aliphatic rings. The van der Waals surface area contributed by atoms with E-state index in [1.165, 1.54) is 7.11 Å². The van der Waals surface area contributed by atoms with Gasteiger partial charge in [-0.3, -0.25) is 10.3 Å². The number of carbonyl (C=O) groups is 1. The molecule has 4 nitrogen and oxygen atoms in total. The lowest BCUT2D eigenvalue weighted by Crippen LogP contribution is -2.32. The molecule has 1 heterocycles. The molecule has 1 aromatic rings. The van der Waals surface area contributed by atoms with E-state index in [1.54, 1.807) is 12.3 Å². The lowest BCUT2D eigenvalue weighted by molar-refractivity contribution is -0.143. The normalized spacial score (nSPS) is 12.5. The number of nitrogens with one attached hydrogen (secondary N) is 1. The van der Waals surface area contributed by atoms with Crippen LogP contribution in [0.25, 0.3) is 0 Å². The SMILES string of the molecule is COC(=O)C(NCC(C)C)c1ccc(Br)cn1. The van der Waals surface area contributed by atoms with Crippen molar-refractivity contribution in [2.24, 2.45) is 5.92 Å². The van der Waals surface area contributed by atoms with Gasteiger partial charge in [0.1, 0.15) is 6.04 Å². The molecule has 1 rings (SSSR count). The van der Waals surface area contributed by atoms with Crippen molar-refractivity contribution < 1.29 is 9.53 Å². The van der Waals surface area contributed by atoms with Crippen molar-refractivity contribution in [2.45, 2.75) is 19.9 Å². The van der Waals surface area contributed by atoms with Crippen LogP contribution >= 0.6 is 15.9 Å². The quantitative estimate of drug-likeness (QED) is 0.848. The highest BCUT2D eigenvalue weighted by Crippen LogP contribution is 2.15. The third-order valence-electron chi connectivity index (χ3n) is 2.21. The summed E-state index contributed by atoms with van der Waals surface area (Å²) < 4.78 is 5.66. The first-order valence-corrected chi connectivity index (χ1v) is 6.26. The highest BCUT2D eigenvalue weighted by molar-refractivity contribution is 9.10. The molecule has 0 bridgehead atoms. The number of hydrogen-bond donors (Lipinski definition) is 1. The molecular weight excluding hydrogens is 284 g/mol. The average Bonchev–Trinajstić information content (AvgIpc) is 2.30. The number of aromatic nitrogens is 1. The Hall–Kier alpha value is -0.940. The Bertz CT molecular complexity index is 365. The number of carbonyl (C=O) groups excluding carboxylic acids is 1. The minimum Gasteiger partial charge on any atom is -0.468 e. The number of pyridine rings is 1. The number of ether oxygens (including phenoxy) is 1. The van der Waals surface area contributed by atoms with Crippen molar-refractivity contribution in [3.63, 3.8) is 0 Å². The van der Waals surface area contributed by atoms with Crippen LogP contribution in [0, 0.1) is 5.92 Å². The van der Waals surface area contributed by atoms with Crippen molar-refractivity contribution >= 4 is 21.9 Å². The third-order valence-corrected chi connectivity index (χ3v) is 2.68. The molecule has 0 saturated heterocycles.